The molecule has 2 heterocycles. The number of carboxylic acid groups (broad SMARTS) is 1. The highest BCUT2D eigenvalue weighted by Gasteiger charge is 2.12. The first-order valence-corrected chi connectivity index (χ1v) is 5.74. The second kappa shape index (κ2) is 5.39. The van der Waals surface area contributed by atoms with Gasteiger partial charge in [0.15, 0.2) is 0 Å². The molecule has 2 rings (SSSR count). The topological polar surface area (TPSA) is 80.9 Å². The van der Waals surface area contributed by atoms with Crippen molar-refractivity contribution in [2.75, 3.05) is 0 Å². The van der Waals surface area contributed by atoms with Crippen LogP contribution in [0.5, 0.6) is 0 Å². The lowest BCUT2D eigenvalue weighted by atomic mass is 10.2. The van der Waals surface area contributed by atoms with E-state index in [0.717, 1.165) is 18.7 Å². The number of aromatic nitrogens is 4. The third-order valence-electron chi connectivity index (χ3n) is 2.62. The molecule has 2 aromatic heterocycles. The van der Waals surface area contributed by atoms with Gasteiger partial charge in [0.05, 0.1) is 12.2 Å². The maximum atomic E-state index is 11.1. The van der Waals surface area contributed by atoms with E-state index in [1.165, 1.54) is 12.5 Å². The van der Waals surface area contributed by atoms with Gasteiger partial charge < -0.3 is 9.67 Å². The molecule has 0 amide bonds. The van der Waals surface area contributed by atoms with Crippen molar-refractivity contribution >= 4 is 5.97 Å². The largest absolute Gasteiger partial charge is 0.478 e. The molecule has 0 saturated carbocycles. The first kappa shape index (κ1) is 12.2. The summed E-state index contributed by atoms with van der Waals surface area (Å²) in [6, 6.07) is 0. The molecule has 18 heavy (non-hydrogen) atoms. The molecule has 0 aliphatic carbocycles. The lowest BCUT2D eigenvalue weighted by molar-refractivity contribution is 0.0694. The Balaban J connectivity index is 2.28. The summed E-state index contributed by atoms with van der Waals surface area (Å²) in [5, 5.41) is 9.06. The van der Waals surface area contributed by atoms with E-state index in [0.29, 0.717) is 12.2 Å². The van der Waals surface area contributed by atoms with Gasteiger partial charge in [-0.15, -0.1) is 0 Å². The molecule has 0 aliphatic heterocycles. The van der Waals surface area contributed by atoms with Crippen LogP contribution in [0.25, 0.3) is 0 Å². The van der Waals surface area contributed by atoms with Crippen molar-refractivity contribution in [2.24, 2.45) is 0 Å². The van der Waals surface area contributed by atoms with Gasteiger partial charge in [0.25, 0.3) is 0 Å². The Labute approximate surface area is 104 Å². The second-order valence-electron chi connectivity index (χ2n) is 3.91. The standard InChI is InChI=1S/C12H14N4O2/c1-2-3-11-14-4-5-16(11)7-10-9(12(17)18)6-13-8-15-10/h4-6,8H,2-3,7H2,1H3,(H,17,18). The van der Waals surface area contributed by atoms with E-state index >= 15 is 0 Å². The number of imidazole rings is 1. The number of nitrogens with zero attached hydrogens (tertiary/aromatic N) is 4. The zero-order valence-electron chi connectivity index (χ0n) is 10.1. The van der Waals surface area contributed by atoms with Crippen molar-refractivity contribution in [2.45, 2.75) is 26.3 Å². The predicted octanol–water partition coefficient (Wildman–Crippen LogP) is 1.37. The molecule has 0 aromatic carbocycles. The van der Waals surface area contributed by atoms with Gasteiger partial charge in [-0.1, -0.05) is 6.92 Å². The molecular formula is C12H14N4O2. The highest BCUT2D eigenvalue weighted by molar-refractivity contribution is 5.88. The fourth-order valence-electron chi connectivity index (χ4n) is 1.76. The molecular weight excluding hydrogens is 232 g/mol. The summed E-state index contributed by atoms with van der Waals surface area (Å²) in [6.07, 6.45) is 8.08. The molecule has 2 aromatic rings. The first-order valence-electron chi connectivity index (χ1n) is 5.74. The minimum atomic E-state index is -1.01. The van der Waals surface area contributed by atoms with Gasteiger partial charge >= 0.3 is 5.97 Å². The molecule has 1 N–H and O–H groups in total. The summed E-state index contributed by atoms with van der Waals surface area (Å²) >= 11 is 0. The van der Waals surface area contributed by atoms with Crippen LogP contribution >= 0.6 is 0 Å². The molecule has 0 radical (unpaired) electrons. The van der Waals surface area contributed by atoms with Gasteiger partial charge in [-0.25, -0.2) is 19.7 Å². The average Bonchev–Trinajstić information content (AvgIpc) is 2.78. The summed E-state index contributed by atoms with van der Waals surface area (Å²) < 4.78 is 1.91. The van der Waals surface area contributed by atoms with Crippen molar-refractivity contribution in [1.29, 1.82) is 0 Å². The highest BCUT2D eigenvalue weighted by Crippen LogP contribution is 2.09. The summed E-state index contributed by atoms with van der Waals surface area (Å²) in [6.45, 7) is 2.48. The number of hydrogen-bond acceptors (Lipinski definition) is 4. The Bertz CT molecular complexity index is 551. The molecule has 0 saturated heterocycles. The number of carbonyl (C=O) groups is 1. The zero-order valence-corrected chi connectivity index (χ0v) is 10.1. The molecule has 94 valence electrons. The Hall–Kier alpha value is -2.24. The molecule has 0 fully saturated rings. The second-order valence-corrected chi connectivity index (χ2v) is 3.91. The van der Waals surface area contributed by atoms with Crippen LogP contribution < -0.4 is 0 Å². The van der Waals surface area contributed by atoms with Gasteiger partial charge in [-0.3, -0.25) is 0 Å². The monoisotopic (exact) mass is 246 g/mol. The van der Waals surface area contributed by atoms with Gasteiger partial charge in [0.1, 0.15) is 17.7 Å². The van der Waals surface area contributed by atoms with E-state index in [1.807, 2.05) is 10.8 Å². The maximum absolute atomic E-state index is 11.1. The van der Waals surface area contributed by atoms with Crippen molar-refractivity contribution in [3.05, 3.63) is 42.0 Å². The molecule has 6 heteroatoms. The third kappa shape index (κ3) is 2.53. The van der Waals surface area contributed by atoms with Crippen LogP contribution in [0.15, 0.2) is 24.9 Å². The summed E-state index contributed by atoms with van der Waals surface area (Å²) in [7, 11) is 0. The fraction of sp³-hybridized carbons (Fsp3) is 0.333. The van der Waals surface area contributed by atoms with Crippen molar-refractivity contribution in [3.63, 3.8) is 0 Å². The number of hydrogen-bond donors (Lipinski definition) is 1. The van der Waals surface area contributed by atoms with Gasteiger partial charge in [-0.05, 0) is 6.42 Å². The van der Waals surface area contributed by atoms with Crippen LogP contribution in [0.3, 0.4) is 0 Å². The van der Waals surface area contributed by atoms with E-state index < -0.39 is 5.97 Å². The predicted molar refractivity (Wildman–Crippen MR) is 64.3 cm³/mol. The molecule has 0 spiro atoms. The Morgan fingerprint density at radius 3 is 3.00 bits per heavy atom. The van der Waals surface area contributed by atoms with Crippen molar-refractivity contribution in [1.82, 2.24) is 19.5 Å². The number of carboxylic acids is 1. The van der Waals surface area contributed by atoms with E-state index in [9.17, 15) is 4.79 Å². The summed E-state index contributed by atoms with van der Waals surface area (Å²) in [4.78, 5) is 23.1. The maximum Gasteiger partial charge on any atom is 0.339 e. The van der Waals surface area contributed by atoms with Crippen LogP contribution in [0.4, 0.5) is 0 Å². The normalized spacial score (nSPS) is 10.5. The summed E-state index contributed by atoms with van der Waals surface area (Å²) in [5.74, 6) is -0.0739. The summed E-state index contributed by atoms with van der Waals surface area (Å²) in [5.41, 5.74) is 0.626. The van der Waals surface area contributed by atoms with E-state index in [2.05, 4.69) is 21.9 Å². The minimum Gasteiger partial charge on any atom is -0.478 e. The molecule has 6 nitrogen and oxygen atoms in total. The van der Waals surface area contributed by atoms with Crippen LogP contribution in [-0.4, -0.2) is 30.6 Å². The van der Waals surface area contributed by atoms with E-state index in [1.54, 1.807) is 6.20 Å². The van der Waals surface area contributed by atoms with E-state index in [-0.39, 0.29) is 5.56 Å². The third-order valence-corrected chi connectivity index (χ3v) is 2.62. The molecule has 0 bridgehead atoms. The smallest absolute Gasteiger partial charge is 0.339 e. The Morgan fingerprint density at radius 1 is 1.44 bits per heavy atom. The fourth-order valence-corrected chi connectivity index (χ4v) is 1.76. The quantitative estimate of drug-likeness (QED) is 0.861. The first-order chi connectivity index (χ1) is 8.72. The van der Waals surface area contributed by atoms with Gasteiger partial charge in [-0.2, -0.15) is 0 Å². The number of aromatic carboxylic acids is 1. The van der Waals surface area contributed by atoms with Crippen LogP contribution in [0, 0.1) is 0 Å². The van der Waals surface area contributed by atoms with Crippen LogP contribution in [0.1, 0.15) is 35.2 Å². The molecule has 0 unspecified atom stereocenters. The lowest BCUT2D eigenvalue weighted by Gasteiger charge is -2.08. The lowest BCUT2D eigenvalue weighted by Crippen LogP contribution is -2.11. The minimum absolute atomic E-state index is 0.133. The SMILES string of the molecule is CCCc1nccn1Cc1ncncc1C(=O)O. The van der Waals surface area contributed by atoms with Gasteiger partial charge in [0.2, 0.25) is 0 Å². The zero-order chi connectivity index (χ0) is 13.0. The van der Waals surface area contributed by atoms with Crippen molar-refractivity contribution < 1.29 is 9.90 Å². The van der Waals surface area contributed by atoms with Gasteiger partial charge in [0, 0.05) is 25.0 Å². The molecule has 0 atom stereocenters. The van der Waals surface area contributed by atoms with Crippen molar-refractivity contribution in [3.8, 4) is 0 Å². The van der Waals surface area contributed by atoms with Crippen LogP contribution in [0.2, 0.25) is 0 Å². The van der Waals surface area contributed by atoms with E-state index in [4.69, 9.17) is 5.11 Å². The Morgan fingerprint density at radius 2 is 2.28 bits per heavy atom. The molecule has 0 aliphatic rings. The highest BCUT2D eigenvalue weighted by atomic mass is 16.4. The number of aryl methyl sites for hydroxylation is 1. The van der Waals surface area contributed by atoms with Crippen LogP contribution in [-0.2, 0) is 13.0 Å². The Kier molecular flexibility index (Phi) is 3.66. The average molecular weight is 246 g/mol. The number of rotatable bonds is 5.